The summed E-state index contributed by atoms with van der Waals surface area (Å²) in [5.74, 6) is 1.29. The highest BCUT2D eigenvalue weighted by Gasteiger charge is 2.23. The van der Waals surface area contributed by atoms with E-state index in [1.54, 1.807) is 9.58 Å². The molecule has 29 heavy (non-hydrogen) atoms. The molecule has 2 aromatic carbocycles. The molecular weight excluding hydrogens is 366 g/mol. The molecule has 3 rings (SSSR count). The van der Waals surface area contributed by atoms with Gasteiger partial charge < -0.3 is 14.4 Å². The van der Waals surface area contributed by atoms with E-state index in [2.05, 4.69) is 6.92 Å². The number of nitrogens with zero attached hydrogens (tertiary/aromatic N) is 3. The van der Waals surface area contributed by atoms with Crippen LogP contribution in [0.4, 0.5) is 0 Å². The lowest BCUT2D eigenvalue weighted by Crippen LogP contribution is -2.34. The van der Waals surface area contributed by atoms with Crippen molar-refractivity contribution in [2.45, 2.75) is 26.8 Å². The molecule has 1 aromatic heterocycles. The van der Waals surface area contributed by atoms with Gasteiger partial charge in [0, 0.05) is 13.7 Å². The number of hydrogen-bond acceptors (Lipinski definition) is 4. The van der Waals surface area contributed by atoms with Crippen molar-refractivity contribution in [3.8, 4) is 17.3 Å². The van der Waals surface area contributed by atoms with Crippen LogP contribution in [0.5, 0.6) is 11.6 Å². The standard InChI is InChI=1S/C23H27N3O3/c1-4-15-25(22(27)17-28-3)16-21-18(2)24-26(19-11-7-5-8-12-19)23(21)29-20-13-9-6-10-14-20/h5-14H,4,15-17H2,1-3H3. The highest BCUT2D eigenvalue weighted by Crippen LogP contribution is 2.31. The third-order valence-corrected chi connectivity index (χ3v) is 4.56. The molecule has 6 heteroatoms. The van der Waals surface area contributed by atoms with Gasteiger partial charge in [-0.25, -0.2) is 4.68 Å². The maximum atomic E-state index is 12.5. The van der Waals surface area contributed by atoms with Crippen molar-refractivity contribution in [2.24, 2.45) is 0 Å². The van der Waals surface area contributed by atoms with Gasteiger partial charge in [-0.2, -0.15) is 5.10 Å². The molecule has 0 aliphatic carbocycles. The van der Waals surface area contributed by atoms with Crippen LogP contribution in [0, 0.1) is 6.92 Å². The zero-order valence-corrected chi connectivity index (χ0v) is 17.2. The Hall–Kier alpha value is -3.12. The molecule has 0 unspecified atom stereocenters. The minimum Gasteiger partial charge on any atom is -0.439 e. The number of hydrogen-bond donors (Lipinski definition) is 0. The molecule has 1 amide bonds. The molecule has 0 radical (unpaired) electrons. The molecule has 0 N–H and O–H groups in total. The average Bonchev–Trinajstić information content (AvgIpc) is 3.04. The first-order chi connectivity index (χ1) is 14.1. The largest absolute Gasteiger partial charge is 0.439 e. The van der Waals surface area contributed by atoms with Crippen LogP contribution in [-0.4, -0.2) is 40.8 Å². The van der Waals surface area contributed by atoms with Gasteiger partial charge in [0.25, 0.3) is 0 Å². The predicted molar refractivity (Wildman–Crippen MR) is 112 cm³/mol. The van der Waals surface area contributed by atoms with Crippen molar-refractivity contribution in [2.75, 3.05) is 20.3 Å². The van der Waals surface area contributed by atoms with Crippen molar-refractivity contribution in [1.82, 2.24) is 14.7 Å². The Morgan fingerprint density at radius 2 is 1.72 bits per heavy atom. The van der Waals surface area contributed by atoms with Crippen LogP contribution >= 0.6 is 0 Å². The summed E-state index contributed by atoms with van der Waals surface area (Å²) >= 11 is 0. The highest BCUT2D eigenvalue weighted by molar-refractivity contribution is 5.77. The summed E-state index contributed by atoms with van der Waals surface area (Å²) in [6, 6.07) is 19.5. The molecule has 0 saturated carbocycles. The fourth-order valence-corrected chi connectivity index (χ4v) is 3.14. The van der Waals surface area contributed by atoms with Crippen molar-refractivity contribution in [3.63, 3.8) is 0 Å². The van der Waals surface area contributed by atoms with Crippen LogP contribution < -0.4 is 4.74 Å². The van der Waals surface area contributed by atoms with E-state index >= 15 is 0 Å². The van der Waals surface area contributed by atoms with Crippen molar-refractivity contribution < 1.29 is 14.3 Å². The maximum absolute atomic E-state index is 12.5. The number of rotatable bonds is 9. The number of aryl methyl sites for hydroxylation is 1. The average molecular weight is 393 g/mol. The number of carbonyl (C=O) groups excluding carboxylic acids is 1. The Balaban J connectivity index is 2.03. The zero-order valence-electron chi connectivity index (χ0n) is 17.2. The second-order valence-corrected chi connectivity index (χ2v) is 6.78. The van der Waals surface area contributed by atoms with Crippen molar-refractivity contribution >= 4 is 5.91 Å². The highest BCUT2D eigenvalue weighted by atomic mass is 16.5. The summed E-state index contributed by atoms with van der Waals surface area (Å²) in [7, 11) is 1.53. The molecule has 6 nitrogen and oxygen atoms in total. The van der Waals surface area contributed by atoms with Crippen LogP contribution in [0.3, 0.4) is 0 Å². The van der Waals surface area contributed by atoms with E-state index in [-0.39, 0.29) is 12.5 Å². The summed E-state index contributed by atoms with van der Waals surface area (Å²) in [5, 5.41) is 4.72. The molecule has 3 aromatic rings. The topological polar surface area (TPSA) is 56.6 Å². The normalized spacial score (nSPS) is 10.7. The summed E-state index contributed by atoms with van der Waals surface area (Å²) < 4.78 is 13.1. The van der Waals surface area contributed by atoms with E-state index in [1.165, 1.54) is 7.11 Å². The van der Waals surface area contributed by atoms with Gasteiger partial charge in [0.15, 0.2) is 0 Å². The maximum Gasteiger partial charge on any atom is 0.248 e. The Bertz CT molecular complexity index is 923. The number of para-hydroxylation sites is 2. The molecule has 0 spiro atoms. The van der Waals surface area contributed by atoms with Crippen LogP contribution in [0.25, 0.3) is 5.69 Å². The quantitative estimate of drug-likeness (QED) is 0.542. The van der Waals surface area contributed by atoms with Gasteiger partial charge in [0.05, 0.1) is 23.5 Å². The number of benzene rings is 2. The fourth-order valence-electron chi connectivity index (χ4n) is 3.14. The monoisotopic (exact) mass is 393 g/mol. The van der Waals surface area contributed by atoms with Crippen LogP contribution in [-0.2, 0) is 16.1 Å². The van der Waals surface area contributed by atoms with E-state index in [0.29, 0.717) is 19.0 Å². The Kier molecular flexibility index (Phi) is 7.03. The van der Waals surface area contributed by atoms with Crippen molar-refractivity contribution in [1.29, 1.82) is 0 Å². The number of methoxy groups -OCH3 is 1. The third-order valence-electron chi connectivity index (χ3n) is 4.56. The number of amides is 1. The summed E-state index contributed by atoms with van der Waals surface area (Å²) in [6.07, 6.45) is 0.857. The molecular formula is C23H27N3O3. The first-order valence-corrected chi connectivity index (χ1v) is 9.77. The van der Waals surface area contributed by atoms with Crippen molar-refractivity contribution in [3.05, 3.63) is 71.9 Å². The van der Waals surface area contributed by atoms with Crippen LogP contribution in [0.15, 0.2) is 60.7 Å². The first-order valence-electron chi connectivity index (χ1n) is 9.77. The second kappa shape index (κ2) is 9.89. The Morgan fingerprint density at radius 3 is 2.34 bits per heavy atom. The predicted octanol–water partition coefficient (Wildman–Crippen LogP) is 4.36. The van der Waals surface area contributed by atoms with E-state index < -0.39 is 0 Å². The number of aromatic nitrogens is 2. The number of carbonyl (C=O) groups is 1. The lowest BCUT2D eigenvalue weighted by atomic mass is 10.2. The SMILES string of the molecule is CCCN(Cc1c(C)nn(-c2ccccc2)c1Oc1ccccc1)C(=O)COC. The smallest absolute Gasteiger partial charge is 0.248 e. The van der Waals surface area contributed by atoms with E-state index in [1.807, 2.05) is 67.6 Å². The molecule has 0 aliphatic heterocycles. The van der Waals surface area contributed by atoms with Gasteiger partial charge in [0.2, 0.25) is 11.8 Å². The first kappa shape index (κ1) is 20.6. The minimum absolute atomic E-state index is 0.0492. The van der Waals surface area contributed by atoms with Gasteiger partial charge >= 0.3 is 0 Å². The molecule has 152 valence electrons. The Morgan fingerprint density at radius 1 is 1.07 bits per heavy atom. The fraction of sp³-hybridized carbons (Fsp3) is 0.304. The molecule has 0 saturated heterocycles. The molecule has 0 fully saturated rings. The molecule has 1 heterocycles. The zero-order chi connectivity index (χ0) is 20.6. The van der Waals surface area contributed by atoms with E-state index in [4.69, 9.17) is 14.6 Å². The van der Waals surface area contributed by atoms with E-state index in [0.717, 1.165) is 29.1 Å². The minimum atomic E-state index is -0.0492. The second-order valence-electron chi connectivity index (χ2n) is 6.78. The summed E-state index contributed by atoms with van der Waals surface area (Å²) in [6.45, 7) is 5.10. The van der Waals surface area contributed by atoms with E-state index in [9.17, 15) is 4.79 Å². The third kappa shape index (κ3) is 5.03. The molecule has 0 bridgehead atoms. The summed E-state index contributed by atoms with van der Waals surface area (Å²) in [5.41, 5.74) is 2.61. The molecule has 0 atom stereocenters. The lowest BCUT2D eigenvalue weighted by Gasteiger charge is -2.22. The van der Waals surface area contributed by atoms with Gasteiger partial charge in [0.1, 0.15) is 12.4 Å². The van der Waals surface area contributed by atoms with Gasteiger partial charge in [-0.3, -0.25) is 4.79 Å². The van der Waals surface area contributed by atoms with Gasteiger partial charge in [-0.05, 0) is 37.6 Å². The van der Waals surface area contributed by atoms with Gasteiger partial charge in [-0.15, -0.1) is 0 Å². The van der Waals surface area contributed by atoms with Crippen LogP contribution in [0.2, 0.25) is 0 Å². The van der Waals surface area contributed by atoms with Gasteiger partial charge in [-0.1, -0.05) is 43.3 Å². The molecule has 0 aliphatic rings. The summed E-state index contributed by atoms with van der Waals surface area (Å²) in [4.78, 5) is 14.3. The number of ether oxygens (including phenoxy) is 2. The Labute approximate surface area is 171 Å². The van der Waals surface area contributed by atoms with Crippen LogP contribution in [0.1, 0.15) is 24.6 Å². The lowest BCUT2D eigenvalue weighted by molar-refractivity contribution is -0.135.